The van der Waals surface area contributed by atoms with Gasteiger partial charge in [-0.25, -0.2) is 0 Å². The number of hydrogen-bond donors (Lipinski definition) is 1. The number of pyridine rings is 1. The van der Waals surface area contributed by atoms with Crippen molar-refractivity contribution in [2.75, 3.05) is 13.1 Å². The van der Waals surface area contributed by atoms with E-state index in [4.69, 9.17) is 0 Å². The summed E-state index contributed by atoms with van der Waals surface area (Å²) in [5, 5.41) is 3.57. The molecule has 3 unspecified atom stereocenters. The topological polar surface area (TPSA) is 24.9 Å². The zero-order valence-electron chi connectivity index (χ0n) is 13.1. The molecular weight excluding hydrogens is 244 g/mol. The average Bonchev–Trinajstić information content (AvgIpc) is 2.48. The smallest absolute Gasteiger partial charge is 0.0270 e. The Morgan fingerprint density at radius 3 is 2.65 bits per heavy atom. The summed E-state index contributed by atoms with van der Waals surface area (Å²) < 4.78 is 0. The highest BCUT2D eigenvalue weighted by molar-refractivity contribution is 5.11. The molecule has 2 nitrogen and oxygen atoms in total. The van der Waals surface area contributed by atoms with E-state index in [2.05, 4.69) is 36.3 Å². The zero-order valence-corrected chi connectivity index (χ0v) is 13.1. The van der Waals surface area contributed by atoms with E-state index >= 15 is 0 Å². The molecule has 1 N–H and O–H groups in total. The first-order valence-corrected chi connectivity index (χ1v) is 8.43. The Hall–Kier alpha value is -0.890. The highest BCUT2D eigenvalue weighted by atomic mass is 14.8. The summed E-state index contributed by atoms with van der Waals surface area (Å²) in [4.78, 5) is 4.14. The van der Waals surface area contributed by atoms with Crippen LogP contribution < -0.4 is 5.32 Å². The van der Waals surface area contributed by atoms with E-state index in [1.165, 1.54) is 50.6 Å². The van der Waals surface area contributed by atoms with E-state index in [0.29, 0.717) is 0 Å². The van der Waals surface area contributed by atoms with E-state index < -0.39 is 0 Å². The Bertz CT molecular complexity index is 363. The molecule has 1 aliphatic rings. The van der Waals surface area contributed by atoms with Gasteiger partial charge in [0, 0.05) is 12.4 Å². The minimum Gasteiger partial charge on any atom is -0.317 e. The fourth-order valence-corrected chi connectivity index (χ4v) is 3.76. The van der Waals surface area contributed by atoms with Crippen LogP contribution in [0.5, 0.6) is 0 Å². The Balaban J connectivity index is 1.97. The summed E-state index contributed by atoms with van der Waals surface area (Å²) in [5.74, 6) is 2.67. The van der Waals surface area contributed by atoms with Crippen LogP contribution in [0.25, 0.3) is 0 Å². The van der Waals surface area contributed by atoms with Gasteiger partial charge in [0.1, 0.15) is 0 Å². The predicted molar refractivity (Wildman–Crippen MR) is 85.7 cm³/mol. The molecule has 112 valence electrons. The van der Waals surface area contributed by atoms with Crippen molar-refractivity contribution in [2.45, 2.75) is 52.4 Å². The number of nitrogens with one attached hydrogen (secondary N) is 1. The molecule has 1 aromatic rings. The molecule has 1 saturated carbocycles. The van der Waals surface area contributed by atoms with Crippen LogP contribution in [0.2, 0.25) is 0 Å². The van der Waals surface area contributed by atoms with Crippen LogP contribution in [0.3, 0.4) is 0 Å². The van der Waals surface area contributed by atoms with Crippen molar-refractivity contribution in [3.63, 3.8) is 0 Å². The molecule has 0 radical (unpaired) electrons. The summed E-state index contributed by atoms with van der Waals surface area (Å²) in [6, 6.07) is 4.38. The lowest BCUT2D eigenvalue weighted by Crippen LogP contribution is -2.34. The van der Waals surface area contributed by atoms with Crippen LogP contribution in [-0.2, 0) is 6.42 Å². The molecule has 2 rings (SSSR count). The van der Waals surface area contributed by atoms with Gasteiger partial charge in [-0.1, -0.05) is 33.1 Å². The van der Waals surface area contributed by atoms with E-state index in [0.717, 1.165) is 24.3 Å². The van der Waals surface area contributed by atoms with Crippen molar-refractivity contribution < 1.29 is 0 Å². The van der Waals surface area contributed by atoms with E-state index in [1.807, 2.05) is 12.4 Å². The van der Waals surface area contributed by atoms with Crippen molar-refractivity contribution in [3.05, 3.63) is 30.1 Å². The van der Waals surface area contributed by atoms with E-state index in [9.17, 15) is 0 Å². The van der Waals surface area contributed by atoms with Crippen LogP contribution in [0.4, 0.5) is 0 Å². The highest BCUT2D eigenvalue weighted by Crippen LogP contribution is 2.37. The normalized spacial score (nSPS) is 26.6. The first-order chi connectivity index (χ1) is 9.83. The molecule has 1 fully saturated rings. The minimum absolute atomic E-state index is 0.849. The van der Waals surface area contributed by atoms with Crippen molar-refractivity contribution in [1.29, 1.82) is 0 Å². The number of aromatic nitrogens is 1. The maximum Gasteiger partial charge on any atom is 0.0270 e. The molecule has 0 spiro atoms. The van der Waals surface area contributed by atoms with Crippen LogP contribution in [0.1, 0.15) is 51.5 Å². The third-order valence-electron chi connectivity index (χ3n) is 4.85. The lowest BCUT2D eigenvalue weighted by Gasteiger charge is -2.36. The molecule has 20 heavy (non-hydrogen) atoms. The Kier molecular flexibility index (Phi) is 6.52. The van der Waals surface area contributed by atoms with Gasteiger partial charge < -0.3 is 5.32 Å². The molecule has 3 atom stereocenters. The first kappa shape index (κ1) is 15.5. The van der Waals surface area contributed by atoms with Crippen LogP contribution >= 0.6 is 0 Å². The van der Waals surface area contributed by atoms with Gasteiger partial charge in [-0.05, 0) is 67.8 Å². The molecule has 0 aromatic carbocycles. The van der Waals surface area contributed by atoms with Crippen molar-refractivity contribution in [2.24, 2.45) is 17.8 Å². The Labute approximate surface area is 124 Å². The lowest BCUT2D eigenvalue weighted by atomic mass is 9.70. The van der Waals surface area contributed by atoms with Gasteiger partial charge >= 0.3 is 0 Å². The van der Waals surface area contributed by atoms with Gasteiger partial charge in [0.15, 0.2) is 0 Å². The fourth-order valence-electron chi connectivity index (χ4n) is 3.76. The number of rotatable bonds is 7. The van der Waals surface area contributed by atoms with Gasteiger partial charge in [-0.2, -0.15) is 0 Å². The second-order valence-corrected chi connectivity index (χ2v) is 6.36. The van der Waals surface area contributed by atoms with Crippen LogP contribution in [0, 0.1) is 17.8 Å². The third kappa shape index (κ3) is 4.59. The third-order valence-corrected chi connectivity index (χ3v) is 4.85. The molecular formula is C18H30N2. The first-order valence-electron chi connectivity index (χ1n) is 8.43. The molecule has 1 aromatic heterocycles. The molecule has 2 heteroatoms. The molecule has 0 aliphatic heterocycles. The predicted octanol–water partition coefficient (Wildman–Crippen LogP) is 4.07. The molecule has 0 amide bonds. The standard InChI is InChI=1S/C18H30N2/c1-3-5-15-6-7-17(14-19-4-2)18(12-15)13-16-8-10-20-11-9-16/h8-11,15,17-19H,3-7,12-14H2,1-2H3. The number of hydrogen-bond acceptors (Lipinski definition) is 2. The molecule has 0 saturated heterocycles. The monoisotopic (exact) mass is 274 g/mol. The van der Waals surface area contributed by atoms with Crippen LogP contribution in [-0.4, -0.2) is 18.1 Å². The van der Waals surface area contributed by atoms with Crippen molar-refractivity contribution in [1.82, 2.24) is 10.3 Å². The zero-order chi connectivity index (χ0) is 14.2. The number of nitrogens with zero attached hydrogens (tertiary/aromatic N) is 1. The average molecular weight is 274 g/mol. The lowest BCUT2D eigenvalue weighted by molar-refractivity contribution is 0.168. The highest BCUT2D eigenvalue weighted by Gasteiger charge is 2.29. The molecule has 1 heterocycles. The molecule has 1 aliphatic carbocycles. The Morgan fingerprint density at radius 1 is 1.15 bits per heavy atom. The molecule has 0 bridgehead atoms. The second-order valence-electron chi connectivity index (χ2n) is 6.36. The summed E-state index contributed by atoms with van der Waals surface area (Å²) in [5.41, 5.74) is 1.46. The SMILES string of the molecule is CCCC1CCC(CNCC)C(Cc2ccncc2)C1. The van der Waals surface area contributed by atoms with Crippen LogP contribution in [0.15, 0.2) is 24.5 Å². The van der Waals surface area contributed by atoms with Gasteiger partial charge in [-0.3, -0.25) is 4.98 Å². The van der Waals surface area contributed by atoms with E-state index in [-0.39, 0.29) is 0 Å². The maximum atomic E-state index is 4.14. The maximum absolute atomic E-state index is 4.14. The second kappa shape index (κ2) is 8.41. The minimum atomic E-state index is 0.849. The van der Waals surface area contributed by atoms with Gasteiger partial charge in [0.05, 0.1) is 0 Å². The largest absolute Gasteiger partial charge is 0.317 e. The van der Waals surface area contributed by atoms with Gasteiger partial charge in [0.2, 0.25) is 0 Å². The quantitative estimate of drug-likeness (QED) is 0.811. The van der Waals surface area contributed by atoms with Gasteiger partial charge in [-0.15, -0.1) is 0 Å². The summed E-state index contributed by atoms with van der Waals surface area (Å²) >= 11 is 0. The summed E-state index contributed by atoms with van der Waals surface area (Å²) in [6.07, 6.45) is 12.1. The van der Waals surface area contributed by atoms with Crippen molar-refractivity contribution in [3.8, 4) is 0 Å². The van der Waals surface area contributed by atoms with Gasteiger partial charge in [0.25, 0.3) is 0 Å². The van der Waals surface area contributed by atoms with Crippen molar-refractivity contribution >= 4 is 0 Å². The Morgan fingerprint density at radius 2 is 1.95 bits per heavy atom. The fraction of sp³-hybridized carbons (Fsp3) is 0.722. The summed E-state index contributed by atoms with van der Waals surface area (Å²) in [7, 11) is 0. The van der Waals surface area contributed by atoms with E-state index in [1.54, 1.807) is 0 Å². The summed E-state index contributed by atoms with van der Waals surface area (Å²) in [6.45, 7) is 6.82.